The number of rotatable bonds is 5. The van der Waals surface area contributed by atoms with Crippen molar-refractivity contribution in [1.82, 2.24) is 14.8 Å². The molecule has 2 aromatic carbocycles. The molecule has 1 atom stereocenters. The van der Waals surface area contributed by atoms with Crippen molar-refractivity contribution in [2.75, 3.05) is 19.2 Å². The molecule has 0 unspecified atom stereocenters. The Hall–Kier alpha value is -2.51. The Kier molecular flexibility index (Phi) is 4.47. The Morgan fingerprint density at radius 1 is 1.04 bits per heavy atom. The van der Waals surface area contributed by atoms with E-state index in [-0.39, 0.29) is 6.79 Å². The molecule has 0 aliphatic carbocycles. The first kappa shape index (κ1) is 16.6. The van der Waals surface area contributed by atoms with Crippen LogP contribution in [0.4, 0.5) is 0 Å². The van der Waals surface area contributed by atoms with Gasteiger partial charge in [0.1, 0.15) is 0 Å². The van der Waals surface area contributed by atoms with Crippen molar-refractivity contribution >= 4 is 11.8 Å². The molecule has 0 spiro atoms. The standard InChI is InChI=1S/C20H19N3O3S/c1-2-5-15(6-3-1)23-19(14-8-9-17-18(11-14)26-13-25-17)21-22-20(23)27-12-16-7-4-10-24-16/h1-3,5-6,8-9,11,16H,4,7,10,12-13H2/t16-/m0/s1. The van der Waals surface area contributed by atoms with Crippen molar-refractivity contribution in [3.05, 3.63) is 48.5 Å². The van der Waals surface area contributed by atoms with Crippen molar-refractivity contribution in [2.45, 2.75) is 24.1 Å². The topological polar surface area (TPSA) is 58.4 Å². The van der Waals surface area contributed by atoms with Crippen molar-refractivity contribution < 1.29 is 14.2 Å². The first-order valence-corrected chi connectivity index (χ1v) is 10.0. The maximum absolute atomic E-state index is 5.75. The zero-order valence-corrected chi connectivity index (χ0v) is 15.5. The maximum Gasteiger partial charge on any atom is 0.231 e. The summed E-state index contributed by atoms with van der Waals surface area (Å²) in [6.45, 7) is 1.12. The summed E-state index contributed by atoms with van der Waals surface area (Å²) in [4.78, 5) is 0. The second kappa shape index (κ2) is 7.25. The van der Waals surface area contributed by atoms with Crippen LogP contribution in [0.5, 0.6) is 11.5 Å². The quantitative estimate of drug-likeness (QED) is 0.624. The lowest BCUT2D eigenvalue weighted by molar-refractivity contribution is 0.129. The highest BCUT2D eigenvalue weighted by molar-refractivity contribution is 7.99. The van der Waals surface area contributed by atoms with Gasteiger partial charge in [-0.1, -0.05) is 30.0 Å². The molecule has 1 aromatic heterocycles. The minimum atomic E-state index is 0.257. The van der Waals surface area contributed by atoms with Crippen LogP contribution in [0.15, 0.2) is 53.7 Å². The Morgan fingerprint density at radius 2 is 1.93 bits per heavy atom. The number of thioether (sulfide) groups is 1. The van der Waals surface area contributed by atoms with Gasteiger partial charge in [0, 0.05) is 23.6 Å². The van der Waals surface area contributed by atoms with Crippen LogP contribution in [0.1, 0.15) is 12.8 Å². The lowest BCUT2D eigenvalue weighted by atomic mass is 10.2. The van der Waals surface area contributed by atoms with Gasteiger partial charge in [0.05, 0.1) is 6.10 Å². The molecule has 2 aliphatic heterocycles. The highest BCUT2D eigenvalue weighted by Gasteiger charge is 2.22. The Labute approximate surface area is 161 Å². The van der Waals surface area contributed by atoms with Crippen LogP contribution in [0.2, 0.25) is 0 Å². The predicted molar refractivity (Wildman–Crippen MR) is 103 cm³/mol. The third-order valence-electron chi connectivity index (χ3n) is 4.70. The molecule has 1 saturated heterocycles. The predicted octanol–water partition coefficient (Wildman–Crippen LogP) is 3.93. The molecular weight excluding hydrogens is 362 g/mol. The molecule has 138 valence electrons. The molecule has 0 N–H and O–H groups in total. The van der Waals surface area contributed by atoms with E-state index in [4.69, 9.17) is 14.2 Å². The van der Waals surface area contributed by atoms with E-state index in [1.165, 1.54) is 0 Å². The van der Waals surface area contributed by atoms with Crippen molar-refractivity contribution in [3.63, 3.8) is 0 Å². The van der Waals surface area contributed by atoms with Gasteiger partial charge >= 0.3 is 0 Å². The van der Waals surface area contributed by atoms with Gasteiger partial charge in [-0.2, -0.15) is 0 Å². The van der Waals surface area contributed by atoms with Crippen molar-refractivity contribution in [1.29, 1.82) is 0 Å². The zero-order valence-electron chi connectivity index (χ0n) is 14.7. The molecule has 0 radical (unpaired) electrons. The summed E-state index contributed by atoms with van der Waals surface area (Å²) in [6, 6.07) is 16.0. The summed E-state index contributed by atoms with van der Waals surface area (Å²) in [5, 5.41) is 9.83. The summed E-state index contributed by atoms with van der Waals surface area (Å²) >= 11 is 1.69. The summed E-state index contributed by atoms with van der Waals surface area (Å²) in [6.07, 6.45) is 2.55. The molecule has 1 fully saturated rings. The van der Waals surface area contributed by atoms with Gasteiger partial charge in [0.2, 0.25) is 6.79 Å². The van der Waals surface area contributed by atoms with Gasteiger partial charge in [-0.25, -0.2) is 0 Å². The number of para-hydroxylation sites is 1. The van der Waals surface area contributed by atoms with Crippen LogP contribution in [-0.2, 0) is 4.74 Å². The van der Waals surface area contributed by atoms with Gasteiger partial charge in [-0.15, -0.1) is 10.2 Å². The smallest absolute Gasteiger partial charge is 0.231 e. The molecule has 6 nitrogen and oxygen atoms in total. The minimum absolute atomic E-state index is 0.257. The third kappa shape index (κ3) is 3.28. The van der Waals surface area contributed by atoms with Crippen LogP contribution in [-0.4, -0.2) is 40.0 Å². The molecule has 3 heterocycles. The molecular formula is C20H19N3O3S. The fourth-order valence-corrected chi connectivity index (χ4v) is 4.36. The summed E-state index contributed by atoms with van der Waals surface area (Å²) in [7, 11) is 0. The van der Waals surface area contributed by atoms with Crippen LogP contribution < -0.4 is 9.47 Å². The van der Waals surface area contributed by atoms with Crippen LogP contribution >= 0.6 is 11.8 Å². The fraction of sp³-hybridized carbons (Fsp3) is 0.300. The number of hydrogen-bond donors (Lipinski definition) is 0. The van der Waals surface area contributed by atoms with Gasteiger partial charge < -0.3 is 14.2 Å². The normalized spacial score (nSPS) is 18.1. The first-order chi connectivity index (χ1) is 13.4. The second-order valence-electron chi connectivity index (χ2n) is 6.49. The van der Waals surface area contributed by atoms with E-state index in [0.717, 1.165) is 58.9 Å². The average Bonchev–Trinajstić information content (AvgIpc) is 3.46. The Bertz CT molecular complexity index is 939. The van der Waals surface area contributed by atoms with E-state index < -0.39 is 0 Å². The van der Waals surface area contributed by atoms with Gasteiger partial charge in [-0.05, 0) is 43.2 Å². The monoisotopic (exact) mass is 381 g/mol. The summed E-state index contributed by atoms with van der Waals surface area (Å²) in [5.74, 6) is 3.17. The molecule has 0 amide bonds. The number of nitrogens with zero attached hydrogens (tertiary/aromatic N) is 3. The molecule has 2 aliphatic rings. The Balaban J connectivity index is 1.52. The SMILES string of the molecule is c1ccc(-n2c(SC[C@@H]3CCCO3)nnc2-c2ccc3c(c2)OCO3)cc1. The van der Waals surface area contributed by atoms with Gasteiger partial charge in [-0.3, -0.25) is 4.57 Å². The van der Waals surface area contributed by atoms with E-state index in [1.807, 2.05) is 36.4 Å². The molecule has 5 rings (SSSR count). The van der Waals surface area contributed by atoms with Crippen LogP contribution in [0.3, 0.4) is 0 Å². The number of ether oxygens (including phenoxy) is 3. The number of fused-ring (bicyclic) bond motifs is 1. The molecule has 27 heavy (non-hydrogen) atoms. The van der Waals surface area contributed by atoms with Crippen molar-refractivity contribution in [2.24, 2.45) is 0 Å². The van der Waals surface area contributed by atoms with E-state index in [2.05, 4.69) is 26.9 Å². The minimum Gasteiger partial charge on any atom is -0.454 e. The highest BCUT2D eigenvalue weighted by Crippen LogP contribution is 2.37. The lowest BCUT2D eigenvalue weighted by Gasteiger charge is -2.12. The number of hydrogen-bond acceptors (Lipinski definition) is 6. The van der Waals surface area contributed by atoms with E-state index in [1.54, 1.807) is 11.8 Å². The van der Waals surface area contributed by atoms with E-state index in [9.17, 15) is 0 Å². The maximum atomic E-state index is 5.75. The molecule has 7 heteroatoms. The summed E-state index contributed by atoms with van der Waals surface area (Å²) < 4.78 is 18.8. The lowest BCUT2D eigenvalue weighted by Crippen LogP contribution is -2.09. The molecule has 0 bridgehead atoms. The number of aromatic nitrogens is 3. The van der Waals surface area contributed by atoms with E-state index >= 15 is 0 Å². The largest absolute Gasteiger partial charge is 0.454 e. The fourth-order valence-electron chi connectivity index (χ4n) is 3.34. The Morgan fingerprint density at radius 3 is 2.78 bits per heavy atom. The van der Waals surface area contributed by atoms with Crippen molar-refractivity contribution in [3.8, 4) is 28.6 Å². The number of benzene rings is 2. The van der Waals surface area contributed by atoms with Crippen LogP contribution in [0, 0.1) is 0 Å². The van der Waals surface area contributed by atoms with Gasteiger partial charge in [0.25, 0.3) is 0 Å². The highest BCUT2D eigenvalue weighted by atomic mass is 32.2. The average molecular weight is 381 g/mol. The molecule has 0 saturated carbocycles. The third-order valence-corrected chi connectivity index (χ3v) is 5.76. The first-order valence-electron chi connectivity index (χ1n) is 9.04. The van der Waals surface area contributed by atoms with Crippen LogP contribution in [0.25, 0.3) is 17.1 Å². The zero-order chi connectivity index (χ0) is 18.1. The van der Waals surface area contributed by atoms with Gasteiger partial charge in [0.15, 0.2) is 22.5 Å². The van der Waals surface area contributed by atoms with E-state index in [0.29, 0.717) is 6.10 Å². The second-order valence-corrected chi connectivity index (χ2v) is 7.48. The molecule has 3 aromatic rings. The summed E-state index contributed by atoms with van der Waals surface area (Å²) in [5.41, 5.74) is 1.98.